The molecule has 0 aromatic heterocycles. The molecule has 2 atom stereocenters. The van der Waals surface area contributed by atoms with E-state index in [0.29, 0.717) is 11.9 Å². The smallest absolute Gasteiger partial charge is 0.271 e. The fourth-order valence-electron chi connectivity index (χ4n) is 7.70. The van der Waals surface area contributed by atoms with Crippen LogP contribution in [-0.2, 0) is 4.79 Å². The molecule has 0 spiro atoms. The Kier molecular flexibility index (Phi) is 11.5. The van der Waals surface area contributed by atoms with Crippen LogP contribution in [0.5, 0.6) is 0 Å². The summed E-state index contributed by atoms with van der Waals surface area (Å²) in [7, 11) is 0. The first-order chi connectivity index (χ1) is 15.0. The number of unbranched alkanes of at least 4 members (excludes halogenated alkanes) is 8. The van der Waals surface area contributed by atoms with Crippen LogP contribution < -0.4 is 22.4 Å². The van der Waals surface area contributed by atoms with Gasteiger partial charge in [-0.3, -0.25) is 4.79 Å². The Morgan fingerprint density at radius 2 is 1.31 bits per heavy atom. The molecule has 1 amide bonds. The maximum absolute atomic E-state index is 13.8. The second-order valence-electron chi connectivity index (χ2n) is 11.8. The molecule has 4 fully saturated rings. The van der Waals surface area contributed by atoms with Crippen molar-refractivity contribution in [3.05, 3.63) is 0 Å². The van der Waals surface area contributed by atoms with Gasteiger partial charge in [0.15, 0.2) is 0 Å². The molecule has 1 N–H and O–H groups in total. The highest BCUT2D eigenvalue weighted by atomic mass is 79.9. The van der Waals surface area contributed by atoms with Gasteiger partial charge < -0.3 is 17.0 Å². The van der Waals surface area contributed by atoms with Crippen LogP contribution in [0.3, 0.4) is 0 Å². The highest BCUT2D eigenvalue weighted by Gasteiger charge is 2.56. The van der Waals surface area contributed by atoms with Crippen LogP contribution in [0.2, 0.25) is 0 Å². The van der Waals surface area contributed by atoms with Crippen LogP contribution in [0.4, 0.5) is 0 Å². The number of carbonyl (C=O) groups is 1. The molecule has 0 aliphatic heterocycles. The van der Waals surface area contributed by atoms with Crippen LogP contribution in [0.15, 0.2) is 0 Å². The van der Waals surface area contributed by atoms with E-state index in [4.69, 9.17) is 0 Å². The van der Waals surface area contributed by atoms with Gasteiger partial charge in [-0.25, -0.2) is 10.0 Å². The highest BCUT2D eigenvalue weighted by molar-refractivity contribution is 5.82. The summed E-state index contributed by atoms with van der Waals surface area (Å²) in [6.45, 7) is 11.4. The van der Waals surface area contributed by atoms with Gasteiger partial charge in [0, 0.05) is 0 Å². The first-order valence-corrected chi connectivity index (χ1v) is 14.2. The standard InChI is InChI=1S/C28H52N2O.BrH/c1-5-8-9-10-11-12-13-14-15-16-30(7-3,23(4)6-2)29-27(31)28-20-24-17-25(21-28)19-26(18-24)22-28;/h23-26H,5-22H2,1-4H3;1H. The van der Waals surface area contributed by atoms with Crippen molar-refractivity contribution < 1.29 is 26.4 Å². The maximum atomic E-state index is 13.8. The van der Waals surface area contributed by atoms with Crippen LogP contribution in [0.25, 0.3) is 0 Å². The van der Waals surface area contributed by atoms with Crippen molar-refractivity contribution in [3.63, 3.8) is 0 Å². The number of nitrogens with one attached hydrogen (secondary N) is 1. The lowest BCUT2D eigenvalue weighted by Gasteiger charge is -2.56. The minimum Gasteiger partial charge on any atom is -1.00 e. The van der Waals surface area contributed by atoms with Gasteiger partial charge in [-0.1, -0.05) is 58.8 Å². The average Bonchev–Trinajstić information content (AvgIpc) is 2.75. The lowest BCUT2D eigenvalue weighted by molar-refractivity contribution is -0.981. The van der Waals surface area contributed by atoms with Crippen molar-refractivity contribution in [1.82, 2.24) is 5.43 Å². The fourth-order valence-corrected chi connectivity index (χ4v) is 7.70. The number of amides is 1. The average molecular weight is 514 g/mol. The van der Waals surface area contributed by atoms with E-state index in [-0.39, 0.29) is 22.4 Å². The third kappa shape index (κ3) is 6.74. The Morgan fingerprint density at radius 3 is 1.75 bits per heavy atom. The first kappa shape index (κ1) is 28.1. The SMILES string of the molecule is CCCCCCCCCCC[N+](CC)(NC(=O)C12CC3CC(CC(C3)C1)C2)C(C)CC.[Br-]. The summed E-state index contributed by atoms with van der Waals surface area (Å²) in [4.78, 5) is 13.8. The zero-order valence-corrected chi connectivity index (χ0v) is 23.4. The van der Waals surface area contributed by atoms with Crippen LogP contribution >= 0.6 is 0 Å². The van der Waals surface area contributed by atoms with E-state index in [1.54, 1.807) is 0 Å². The molecule has 0 heterocycles. The number of quaternary nitrogens is 1. The first-order valence-electron chi connectivity index (χ1n) is 14.2. The zero-order valence-electron chi connectivity index (χ0n) is 21.8. The fraction of sp³-hybridized carbons (Fsp3) is 0.964. The number of halogens is 1. The monoisotopic (exact) mass is 512 g/mol. The number of nitrogens with zero attached hydrogens (tertiary/aromatic N) is 1. The molecule has 188 valence electrons. The molecule has 0 saturated heterocycles. The molecular formula is C28H53BrN2O. The predicted molar refractivity (Wildman–Crippen MR) is 131 cm³/mol. The van der Waals surface area contributed by atoms with Crippen molar-refractivity contribution in [3.8, 4) is 0 Å². The third-order valence-corrected chi connectivity index (χ3v) is 9.50. The lowest BCUT2D eigenvalue weighted by Crippen LogP contribution is -3.00. The number of carbonyl (C=O) groups excluding carboxylic acids is 1. The molecule has 4 aliphatic carbocycles. The molecule has 4 rings (SSSR count). The van der Waals surface area contributed by atoms with E-state index in [9.17, 15) is 4.79 Å². The summed E-state index contributed by atoms with van der Waals surface area (Å²) in [5.74, 6) is 2.93. The third-order valence-electron chi connectivity index (χ3n) is 9.50. The summed E-state index contributed by atoms with van der Waals surface area (Å²) in [5.41, 5.74) is 3.68. The van der Waals surface area contributed by atoms with Crippen molar-refractivity contribution in [1.29, 1.82) is 0 Å². The Bertz CT molecular complexity index is 530. The normalized spacial score (nSPS) is 31.1. The topological polar surface area (TPSA) is 29.1 Å². The zero-order chi connectivity index (χ0) is 22.3. The van der Waals surface area contributed by atoms with E-state index in [2.05, 4.69) is 33.1 Å². The Balaban J connectivity index is 0.00000363. The maximum Gasteiger partial charge on any atom is 0.271 e. The summed E-state index contributed by atoms with van der Waals surface area (Å²) in [6, 6.07) is 0.497. The van der Waals surface area contributed by atoms with Crippen LogP contribution in [-0.4, -0.2) is 29.6 Å². The van der Waals surface area contributed by atoms with E-state index in [0.717, 1.165) is 41.9 Å². The van der Waals surface area contributed by atoms with Crippen LogP contribution in [0, 0.1) is 23.2 Å². The van der Waals surface area contributed by atoms with E-state index in [1.807, 2.05) is 0 Å². The summed E-state index contributed by atoms with van der Waals surface area (Å²) in [5, 5.41) is 0. The largest absolute Gasteiger partial charge is 1.00 e. The van der Waals surface area contributed by atoms with Crippen LogP contribution in [0.1, 0.15) is 130 Å². The molecule has 0 aromatic rings. The van der Waals surface area contributed by atoms with E-state index >= 15 is 0 Å². The predicted octanol–water partition coefficient (Wildman–Crippen LogP) is 4.40. The van der Waals surface area contributed by atoms with Crippen molar-refractivity contribution in [2.75, 3.05) is 13.1 Å². The van der Waals surface area contributed by atoms with E-state index < -0.39 is 0 Å². The Hall–Kier alpha value is -0.0900. The van der Waals surface area contributed by atoms with Gasteiger partial charge in [-0.05, 0) is 89.4 Å². The van der Waals surface area contributed by atoms with Gasteiger partial charge in [0.25, 0.3) is 5.91 Å². The molecule has 4 aliphatic rings. The molecule has 4 bridgehead atoms. The molecule has 2 unspecified atom stereocenters. The molecule has 32 heavy (non-hydrogen) atoms. The minimum absolute atomic E-state index is 0. The quantitative estimate of drug-likeness (QED) is 0.196. The number of hydrogen-bond donors (Lipinski definition) is 1. The molecule has 4 saturated carbocycles. The lowest BCUT2D eigenvalue weighted by atomic mass is 9.49. The van der Waals surface area contributed by atoms with Gasteiger partial charge in [0.05, 0.1) is 12.0 Å². The number of hydrogen-bond acceptors (Lipinski definition) is 1. The second-order valence-corrected chi connectivity index (χ2v) is 11.8. The highest BCUT2D eigenvalue weighted by Crippen LogP contribution is 2.60. The van der Waals surface area contributed by atoms with Gasteiger partial charge in [-0.2, -0.15) is 0 Å². The van der Waals surface area contributed by atoms with Crippen molar-refractivity contribution in [2.24, 2.45) is 23.2 Å². The summed E-state index contributed by atoms with van der Waals surface area (Å²) >= 11 is 0. The Labute approximate surface area is 210 Å². The summed E-state index contributed by atoms with van der Waals surface area (Å²) < 4.78 is 0.813. The second kappa shape index (κ2) is 13.1. The van der Waals surface area contributed by atoms with Gasteiger partial charge in [0.2, 0.25) is 0 Å². The minimum atomic E-state index is -0.0284. The van der Waals surface area contributed by atoms with Gasteiger partial charge in [-0.15, -0.1) is 0 Å². The van der Waals surface area contributed by atoms with Crippen molar-refractivity contribution >= 4 is 5.91 Å². The molecular weight excluding hydrogens is 460 g/mol. The van der Waals surface area contributed by atoms with E-state index in [1.165, 1.54) is 96.3 Å². The number of rotatable bonds is 15. The van der Waals surface area contributed by atoms with Gasteiger partial charge >= 0.3 is 0 Å². The Morgan fingerprint density at radius 1 is 0.844 bits per heavy atom. The van der Waals surface area contributed by atoms with Gasteiger partial charge in [0.1, 0.15) is 12.6 Å². The molecule has 0 aromatic carbocycles. The molecule has 0 radical (unpaired) electrons. The molecule has 4 heteroatoms. The molecule has 3 nitrogen and oxygen atoms in total. The van der Waals surface area contributed by atoms with Crippen molar-refractivity contribution in [2.45, 2.75) is 136 Å². The summed E-state index contributed by atoms with van der Waals surface area (Å²) in [6.07, 6.45) is 21.1.